The van der Waals surface area contributed by atoms with Gasteiger partial charge in [-0.3, -0.25) is 0 Å². The van der Waals surface area contributed by atoms with E-state index >= 15 is 0 Å². The second-order valence-corrected chi connectivity index (χ2v) is 4.57. The third kappa shape index (κ3) is 4.44. The van der Waals surface area contributed by atoms with Gasteiger partial charge in [0.15, 0.2) is 0 Å². The first-order valence-electron chi connectivity index (χ1n) is 6.40. The van der Waals surface area contributed by atoms with E-state index in [2.05, 4.69) is 5.32 Å². The van der Waals surface area contributed by atoms with E-state index in [0.717, 1.165) is 44.6 Å². The molecule has 1 aromatic carbocycles. The Balaban J connectivity index is 1.71. The Morgan fingerprint density at radius 2 is 2.24 bits per heavy atom. The second-order valence-electron chi connectivity index (χ2n) is 4.57. The van der Waals surface area contributed by atoms with E-state index in [9.17, 15) is 4.39 Å². The molecule has 2 rings (SSSR count). The van der Waals surface area contributed by atoms with E-state index in [1.54, 1.807) is 12.1 Å². The van der Waals surface area contributed by atoms with Crippen molar-refractivity contribution >= 4 is 0 Å². The van der Waals surface area contributed by atoms with Gasteiger partial charge in [-0.15, -0.1) is 0 Å². The number of hydrogen-bond donors (Lipinski definition) is 1. The van der Waals surface area contributed by atoms with Crippen LogP contribution in [0.25, 0.3) is 0 Å². The van der Waals surface area contributed by atoms with Gasteiger partial charge in [0.05, 0.1) is 0 Å². The lowest BCUT2D eigenvalue weighted by Crippen LogP contribution is -2.31. The normalized spacial score (nSPS) is 21.1. The molecule has 1 fully saturated rings. The van der Waals surface area contributed by atoms with Crippen molar-refractivity contribution in [1.29, 1.82) is 0 Å². The number of hydrogen-bond acceptors (Lipinski definition) is 2. The Kier molecular flexibility index (Phi) is 4.95. The smallest absolute Gasteiger partial charge is 0.123 e. The van der Waals surface area contributed by atoms with Gasteiger partial charge in [0.2, 0.25) is 0 Å². The summed E-state index contributed by atoms with van der Waals surface area (Å²) < 4.78 is 18.4. The van der Waals surface area contributed by atoms with Crippen molar-refractivity contribution in [2.24, 2.45) is 0 Å². The van der Waals surface area contributed by atoms with Crippen LogP contribution in [0.2, 0.25) is 0 Å². The standard InChI is InChI=1S/C14H20FNO/c15-13-4-1-3-12(11-13)6-8-16-14-5-2-9-17-10-7-14/h1,3-4,11,14,16H,2,5-10H2. The van der Waals surface area contributed by atoms with Crippen LogP contribution in [-0.4, -0.2) is 25.8 Å². The Bertz CT molecular complexity index is 335. The monoisotopic (exact) mass is 237 g/mol. The van der Waals surface area contributed by atoms with Crippen LogP contribution < -0.4 is 5.32 Å². The molecule has 1 atom stereocenters. The average molecular weight is 237 g/mol. The summed E-state index contributed by atoms with van der Waals surface area (Å²) in [5.41, 5.74) is 1.06. The van der Waals surface area contributed by atoms with Gasteiger partial charge >= 0.3 is 0 Å². The van der Waals surface area contributed by atoms with Crippen LogP contribution in [0.4, 0.5) is 4.39 Å². The third-order valence-corrected chi connectivity index (χ3v) is 3.19. The molecule has 1 N–H and O–H groups in total. The Labute approximate surface area is 102 Å². The summed E-state index contributed by atoms with van der Waals surface area (Å²) in [7, 11) is 0. The molecule has 1 aliphatic rings. The fourth-order valence-corrected chi connectivity index (χ4v) is 2.22. The summed E-state index contributed by atoms with van der Waals surface area (Å²) in [4.78, 5) is 0. The van der Waals surface area contributed by atoms with Gasteiger partial charge in [-0.25, -0.2) is 4.39 Å². The highest BCUT2D eigenvalue weighted by molar-refractivity contribution is 5.16. The lowest BCUT2D eigenvalue weighted by atomic mass is 10.1. The van der Waals surface area contributed by atoms with Crippen molar-refractivity contribution in [2.75, 3.05) is 19.8 Å². The summed E-state index contributed by atoms with van der Waals surface area (Å²) in [5.74, 6) is -0.148. The van der Waals surface area contributed by atoms with Crippen LogP contribution in [0.5, 0.6) is 0 Å². The maximum absolute atomic E-state index is 13.0. The Morgan fingerprint density at radius 3 is 3.12 bits per heavy atom. The summed E-state index contributed by atoms with van der Waals surface area (Å²) >= 11 is 0. The molecule has 0 amide bonds. The lowest BCUT2D eigenvalue weighted by Gasteiger charge is -2.15. The van der Waals surface area contributed by atoms with E-state index in [-0.39, 0.29) is 5.82 Å². The number of rotatable bonds is 4. The lowest BCUT2D eigenvalue weighted by molar-refractivity contribution is 0.142. The molecule has 0 bridgehead atoms. The molecule has 0 spiro atoms. The molecule has 1 unspecified atom stereocenters. The predicted octanol–water partition coefficient (Wildman–Crippen LogP) is 2.53. The molecule has 1 aromatic rings. The molecule has 94 valence electrons. The number of ether oxygens (including phenoxy) is 1. The molecular weight excluding hydrogens is 217 g/mol. The second kappa shape index (κ2) is 6.72. The van der Waals surface area contributed by atoms with Crippen molar-refractivity contribution in [3.8, 4) is 0 Å². The van der Waals surface area contributed by atoms with Crippen molar-refractivity contribution in [1.82, 2.24) is 5.32 Å². The highest BCUT2D eigenvalue weighted by atomic mass is 19.1. The largest absolute Gasteiger partial charge is 0.381 e. The predicted molar refractivity (Wildman–Crippen MR) is 66.6 cm³/mol. The molecule has 17 heavy (non-hydrogen) atoms. The van der Waals surface area contributed by atoms with E-state index in [1.165, 1.54) is 12.5 Å². The van der Waals surface area contributed by atoms with Gasteiger partial charge in [-0.1, -0.05) is 12.1 Å². The average Bonchev–Trinajstić information content (AvgIpc) is 2.58. The molecule has 3 heteroatoms. The maximum Gasteiger partial charge on any atom is 0.123 e. The zero-order chi connectivity index (χ0) is 11.9. The summed E-state index contributed by atoms with van der Waals surface area (Å²) in [5, 5.41) is 3.53. The van der Waals surface area contributed by atoms with E-state index in [4.69, 9.17) is 4.74 Å². The van der Waals surface area contributed by atoms with E-state index in [1.807, 2.05) is 6.07 Å². The number of benzene rings is 1. The van der Waals surface area contributed by atoms with E-state index in [0.29, 0.717) is 6.04 Å². The summed E-state index contributed by atoms with van der Waals surface area (Å²) in [6, 6.07) is 7.40. The highest BCUT2D eigenvalue weighted by Gasteiger charge is 2.11. The molecule has 1 aliphatic heterocycles. The molecule has 0 aliphatic carbocycles. The van der Waals surface area contributed by atoms with Gasteiger partial charge in [0.25, 0.3) is 0 Å². The maximum atomic E-state index is 13.0. The van der Waals surface area contributed by atoms with Gasteiger partial charge in [-0.05, 0) is 49.9 Å². The van der Waals surface area contributed by atoms with Gasteiger partial charge < -0.3 is 10.1 Å². The summed E-state index contributed by atoms with van der Waals surface area (Å²) in [6.45, 7) is 2.66. The first-order chi connectivity index (χ1) is 8.34. The van der Waals surface area contributed by atoms with Gasteiger partial charge in [0, 0.05) is 19.3 Å². The van der Waals surface area contributed by atoms with Gasteiger partial charge in [0.1, 0.15) is 5.82 Å². The van der Waals surface area contributed by atoms with Crippen molar-refractivity contribution in [3.63, 3.8) is 0 Å². The summed E-state index contributed by atoms with van der Waals surface area (Å²) in [6.07, 6.45) is 4.29. The third-order valence-electron chi connectivity index (χ3n) is 3.19. The van der Waals surface area contributed by atoms with Crippen LogP contribution in [0.15, 0.2) is 24.3 Å². The molecule has 2 nitrogen and oxygen atoms in total. The Hall–Kier alpha value is -0.930. The molecule has 1 heterocycles. The molecule has 0 radical (unpaired) electrons. The topological polar surface area (TPSA) is 21.3 Å². The van der Waals surface area contributed by atoms with Crippen LogP contribution in [0.3, 0.4) is 0 Å². The molecule has 0 aromatic heterocycles. The number of nitrogens with one attached hydrogen (secondary N) is 1. The molecule has 1 saturated heterocycles. The minimum absolute atomic E-state index is 0.148. The fourth-order valence-electron chi connectivity index (χ4n) is 2.22. The zero-order valence-corrected chi connectivity index (χ0v) is 10.1. The van der Waals surface area contributed by atoms with E-state index < -0.39 is 0 Å². The van der Waals surface area contributed by atoms with Crippen molar-refractivity contribution in [3.05, 3.63) is 35.6 Å². The van der Waals surface area contributed by atoms with Crippen LogP contribution in [0, 0.1) is 5.82 Å². The minimum atomic E-state index is -0.148. The fraction of sp³-hybridized carbons (Fsp3) is 0.571. The van der Waals surface area contributed by atoms with Crippen LogP contribution in [0.1, 0.15) is 24.8 Å². The Morgan fingerprint density at radius 1 is 1.29 bits per heavy atom. The SMILES string of the molecule is Fc1cccc(CCNC2CCCOCC2)c1. The van der Waals surface area contributed by atoms with Crippen molar-refractivity contribution in [2.45, 2.75) is 31.7 Å². The first kappa shape index (κ1) is 12.5. The minimum Gasteiger partial charge on any atom is -0.381 e. The quantitative estimate of drug-likeness (QED) is 0.869. The van der Waals surface area contributed by atoms with Crippen LogP contribution in [-0.2, 0) is 11.2 Å². The van der Waals surface area contributed by atoms with Gasteiger partial charge in [-0.2, -0.15) is 0 Å². The molecule has 0 saturated carbocycles. The first-order valence-corrected chi connectivity index (χ1v) is 6.40. The number of halogens is 1. The molecular formula is C14H20FNO. The van der Waals surface area contributed by atoms with Crippen LogP contribution >= 0.6 is 0 Å². The highest BCUT2D eigenvalue weighted by Crippen LogP contribution is 2.08. The zero-order valence-electron chi connectivity index (χ0n) is 10.1. The van der Waals surface area contributed by atoms with Crippen molar-refractivity contribution < 1.29 is 9.13 Å².